The maximum atomic E-state index is 11.8. The molecule has 0 bridgehead atoms. The third-order valence-corrected chi connectivity index (χ3v) is 3.34. The molecule has 0 fully saturated rings. The summed E-state index contributed by atoms with van der Waals surface area (Å²) in [6.45, 7) is 2.07. The second-order valence-corrected chi connectivity index (χ2v) is 4.79. The topological polar surface area (TPSA) is 88.1 Å². The zero-order chi connectivity index (χ0) is 15.5. The highest BCUT2D eigenvalue weighted by Gasteiger charge is 2.13. The molecule has 22 heavy (non-hydrogen) atoms. The normalized spacial score (nSPS) is 10.8. The van der Waals surface area contributed by atoms with E-state index in [0.717, 1.165) is 11.2 Å². The monoisotopic (exact) mass is 297 g/mol. The molecule has 2 heterocycles. The highest BCUT2D eigenvalue weighted by atomic mass is 16.5. The predicted octanol–water partition coefficient (Wildman–Crippen LogP) is 2.43. The van der Waals surface area contributed by atoms with E-state index < -0.39 is 5.97 Å². The van der Waals surface area contributed by atoms with Crippen molar-refractivity contribution in [1.82, 2.24) is 15.0 Å². The number of fused-ring (bicyclic) bond motifs is 1. The summed E-state index contributed by atoms with van der Waals surface area (Å²) >= 11 is 0. The molecule has 0 saturated carbocycles. The summed E-state index contributed by atoms with van der Waals surface area (Å²) in [5.74, 6) is 0.483. The lowest BCUT2D eigenvalue weighted by atomic mass is 10.0. The van der Waals surface area contributed by atoms with E-state index in [1.807, 2.05) is 0 Å². The molecule has 2 aromatic heterocycles. The molecule has 3 aromatic rings. The van der Waals surface area contributed by atoms with Gasteiger partial charge in [0.15, 0.2) is 0 Å². The standard InChI is InChI=1S/C16H15N3O3/c1-2-22-16(21)11-7-10-3-4-13(20)12(15(10)19-9-11)8-14-17-5-6-18-14/h3-7,9,20H,2,8H2,1H3,(H,17,18). The van der Waals surface area contributed by atoms with Gasteiger partial charge in [-0.05, 0) is 25.1 Å². The number of imidazole rings is 1. The first-order valence-corrected chi connectivity index (χ1v) is 6.95. The predicted molar refractivity (Wildman–Crippen MR) is 80.8 cm³/mol. The SMILES string of the molecule is CCOC(=O)c1cnc2c(Cc3ncc[nH]3)c(O)ccc2c1. The van der Waals surface area contributed by atoms with Crippen LogP contribution in [0.4, 0.5) is 0 Å². The lowest BCUT2D eigenvalue weighted by Gasteiger charge is -2.08. The maximum Gasteiger partial charge on any atom is 0.339 e. The van der Waals surface area contributed by atoms with E-state index in [9.17, 15) is 9.90 Å². The zero-order valence-electron chi connectivity index (χ0n) is 12.0. The summed E-state index contributed by atoms with van der Waals surface area (Å²) in [7, 11) is 0. The van der Waals surface area contributed by atoms with Crippen LogP contribution in [-0.4, -0.2) is 32.6 Å². The van der Waals surface area contributed by atoms with Crippen LogP contribution < -0.4 is 0 Å². The second kappa shape index (κ2) is 5.85. The molecule has 0 amide bonds. The summed E-state index contributed by atoms with van der Waals surface area (Å²) in [5.41, 5.74) is 1.70. The van der Waals surface area contributed by atoms with Gasteiger partial charge in [-0.15, -0.1) is 0 Å². The number of nitrogens with zero attached hydrogens (tertiary/aromatic N) is 2. The smallest absolute Gasteiger partial charge is 0.339 e. The molecule has 6 nitrogen and oxygen atoms in total. The minimum atomic E-state index is -0.405. The van der Waals surface area contributed by atoms with Crippen molar-refractivity contribution in [2.24, 2.45) is 0 Å². The molecule has 0 unspecified atom stereocenters. The number of phenols is 1. The van der Waals surface area contributed by atoms with E-state index in [1.54, 1.807) is 37.5 Å². The molecule has 0 saturated heterocycles. The number of pyridine rings is 1. The number of carbonyl (C=O) groups excluding carboxylic acids is 1. The Morgan fingerprint density at radius 2 is 2.23 bits per heavy atom. The van der Waals surface area contributed by atoms with Gasteiger partial charge in [-0.1, -0.05) is 0 Å². The summed E-state index contributed by atoms with van der Waals surface area (Å²) in [4.78, 5) is 23.3. The fourth-order valence-corrected chi connectivity index (χ4v) is 2.31. The molecular formula is C16H15N3O3. The van der Waals surface area contributed by atoms with E-state index in [0.29, 0.717) is 29.7 Å². The molecule has 0 radical (unpaired) electrons. The average Bonchev–Trinajstić information content (AvgIpc) is 3.03. The summed E-state index contributed by atoms with van der Waals surface area (Å²) in [6, 6.07) is 5.04. The number of hydrogen-bond donors (Lipinski definition) is 2. The Balaban J connectivity index is 2.05. The minimum absolute atomic E-state index is 0.153. The first kappa shape index (κ1) is 14.1. The lowest BCUT2D eigenvalue weighted by Crippen LogP contribution is -2.05. The van der Waals surface area contributed by atoms with Crippen LogP contribution in [0.25, 0.3) is 10.9 Å². The van der Waals surface area contributed by atoms with Gasteiger partial charge in [0.1, 0.15) is 11.6 Å². The third kappa shape index (κ3) is 2.63. The number of hydrogen-bond acceptors (Lipinski definition) is 5. The number of H-pyrrole nitrogens is 1. The van der Waals surface area contributed by atoms with Crippen molar-refractivity contribution in [2.75, 3.05) is 6.61 Å². The molecule has 0 aliphatic carbocycles. The van der Waals surface area contributed by atoms with Gasteiger partial charge < -0.3 is 14.8 Å². The van der Waals surface area contributed by atoms with Crippen LogP contribution in [0.15, 0.2) is 36.8 Å². The summed E-state index contributed by atoms with van der Waals surface area (Å²) in [6.07, 6.45) is 5.28. The quantitative estimate of drug-likeness (QED) is 0.722. The third-order valence-electron chi connectivity index (χ3n) is 3.34. The molecule has 0 atom stereocenters. The van der Waals surface area contributed by atoms with E-state index >= 15 is 0 Å². The average molecular weight is 297 g/mol. The molecule has 1 aromatic carbocycles. The van der Waals surface area contributed by atoms with Crippen LogP contribution in [0.1, 0.15) is 28.7 Å². The number of ether oxygens (including phenoxy) is 1. The summed E-state index contributed by atoms with van der Waals surface area (Å²) in [5, 5.41) is 10.9. The minimum Gasteiger partial charge on any atom is -0.508 e. The highest BCUT2D eigenvalue weighted by molar-refractivity contribution is 5.94. The number of rotatable bonds is 4. The molecule has 6 heteroatoms. The molecule has 0 aliphatic heterocycles. The molecule has 2 N–H and O–H groups in total. The van der Waals surface area contributed by atoms with E-state index in [1.165, 1.54) is 6.20 Å². The maximum absolute atomic E-state index is 11.8. The van der Waals surface area contributed by atoms with Crippen molar-refractivity contribution in [3.8, 4) is 5.75 Å². The zero-order valence-corrected chi connectivity index (χ0v) is 12.0. The Hall–Kier alpha value is -2.89. The van der Waals surface area contributed by atoms with Crippen molar-refractivity contribution < 1.29 is 14.6 Å². The van der Waals surface area contributed by atoms with Gasteiger partial charge >= 0.3 is 5.97 Å². The molecular weight excluding hydrogens is 282 g/mol. The molecule has 0 aliphatic rings. The number of aromatic hydroxyl groups is 1. The van der Waals surface area contributed by atoms with Gasteiger partial charge in [0.05, 0.1) is 17.7 Å². The first-order chi connectivity index (χ1) is 10.7. The van der Waals surface area contributed by atoms with Crippen molar-refractivity contribution in [2.45, 2.75) is 13.3 Å². The molecule has 3 rings (SSSR count). The van der Waals surface area contributed by atoms with E-state index in [4.69, 9.17) is 4.74 Å². The first-order valence-electron chi connectivity index (χ1n) is 6.95. The second-order valence-electron chi connectivity index (χ2n) is 4.79. The summed E-state index contributed by atoms with van der Waals surface area (Å²) < 4.78 is 4.97. The van der Waals surface area contributed by atoms with Gasteiger partial charge in [0, 0.05) is 36.0 Å². The number of carbonyl (C=O) groups is 1. The number of nitrogens with one attached hydrogen (secondary N) is 1. The van der Waals surface area contributed by atoms with Crippen LogP contribution in [0, 0.1) is 0 Å². The fourth-order valence-electron chi connectivity index (χ4n) is 2.31. The number of phenolic OH excluding ortho intramolecular Hbond substituents is 1. The van der Waals surface area contributed by atoms with Crippen LogP contribution in [0.5, 0.6) is 5.75 Å². The lowest BCUT2D eigenvalue weighted by molar-refractivity contribution is 0.0526. The number of aromatic amines is 1. The highest BCUT2D eigenvalue weighted by Crippen LogP contribution is 2.28. The van der Waals surface area contributed by atoms with Gasteiger partial charge in [-0.2, -0.15) is 0 Å². The Labute approximate surface area is 126 Å². The molecule has 0 spiro atoms. The van der Waals surface area contributed by atoms with Crippen LogP contribution >= 0.6 is 0 Å². The van der Waals surface area contributed by atoms with Crippen molar-refractivity contribution >= 4 is 16.9 Å². The van der Waals surface area contributed by atoms with Crippen molar-refractivity contribution in [1.29, 1.82) is 0 Å². The van der Waals surface area contributed by atoms with Gasteiger partial charge in [0.2, 0.25) is 0 Å². The number of aromatic nitrogens is 3. The van der Waals surface area contributed by atoms with Gasteiger partial charge in [-0.25, -0.2) is 9.78 Å². The van der Waals surface area contributed by atoms with Crippen LogP contribution in [-0.2, 0) is 11.2 Å². The van der Waals surface area contributed by atoms with E-state index in [-0.39, 0.29) is 5.75 Å². The number of benzene rings is 1. The Morgan fingerprint density at radius 3 is 2.95 bits per heavy atom. The van der Waals surface area contributed by atoms with E-state index in [2.05, 4.69) is 15.0 Å². The number of esters is 1. The Bertz CT molecular complexity index is 813. The van der Waals surface area contributed by atoms with Gasteiger partial charge in [-0.3, -0.25) is 4.98 Å². The fraction of sp³-hybridized carbons (Fsp3) is 0.188. The largest absolute Gasteiger partial charge is 0.508 e. The van der Waals surface area contributed by atoms with Crippen molar-refractivity contribution in [3.05, 3.63) is 53.7 Å². The molecule has 112 valence electrons. The Morgan fingerprint density at radius 1 is 1.36 bits per heavy atom. The Kier molecular flexibility index (Phi) is 3.74. The van der Waals surface area contributed by atoms with Crippen LogP contribution in [0.2, 0.25) is 0 Å². The van der Waals surface area contributed by atoms with Crippen molar-refractivity contribution in [3.63, 3.8) is 0 Å². The van der Waals surface area contributed by atoms with Crippen LogP contribution in [0.3, 0.4) is 0 Å². The van der Waals surface area contributed by atoms with Gasteiger partial charge in [0.25, 0.3) is 0 Å².